The first-order valence-corrected chi connectivity index (χ1v) is 9.43. The van der Waals surface area contributed by atoms with Crippen LogP contribution in [0, 0.1) is 16.7 Å². The molecular formula is C18H34IN3O2. The van der Waals surface area contributed by atoms with Crippen LogP contribution in [0.25, 0.3) is 0 Å². The highest BCUT2D eigenvalue weighted by Gasteiger charge is 2.48. The number of aliphatic imine (C=N–C) groups is 1. The second-order valence-electron chi connectivity index (χ2n) is 7.82. The maximum Gasteiger partial charge on any atom is 0.191 e. The summed E-state index contributed by atoms with van der Waals surface area (Å²) in [5.74, 6) is 1.89. The van der Waals surface area contributed by atoms with Gasteiger partial charge in [0, 0.05) is 31.7 Å². The number of aliphatic hydroxyl groups is 1. The maximum atomic E-state index is 9.34. The minimum Gasteiger partial charge on any atom is -0.396 e. The normalized spacial score (nSPS) is 28.8. The number of nitrogens with one attached hydrogen (secondary N) is 2. The van der Waals surface area contributed by atoms with E-state index in [1.807, 2.05) is 0 Å². The summed E-state index contributed by atoms with van der Waals surface area (Å²) in [6, 6.07) is 0. The number of guanidine groups is 1. The van der Waals surface area contributed by atoms with Gasteiger partial charge in [-0.25, -0.2) is 0 Å². The summed E-state index contributed by atoms with van der Waals surface area (Å²) in [4.78, 5) is 4.83. The van der Waals surface area contributed by atoms with Gasteiger partial charge < -0.3 is 20.5 Å². The van der Waals surface area contributed by atoms with E-state index in [1.54, 1.807) is 0 Å². The van der Waals surface area contributed by atoms with E-state index >= 15 is 0 Å². The number of halogens is 1. The van der Waals surface area contributed by atoms with Gasteiger partial charge in [-0.3, -0.25) is 4.99 Å². The molecule has 1 unspecified atom stereocenters. The Morgan fingerprint density at radius 2 is 2.04 bits per heavy atom. The summed E-state index contributed by atoms with van der Waals surface area (Å²) in [5.41, 5.74) is 0.581. The lowest BCUT2D eigenvalue weighted by Crippen LogP contribution is -2.48. The number of aliphatic hydroxyl groups excluding tert-OH is 1. The van der Waals surface area contributed by atoms with E-state index in [-0.39, 0.29) is 36.0 Å². The molecule has 0 aromatic rings. The fourth-order valence-corrected chi connectivity index (χ4v) is 4.19. The second kappa shape index (κ2) is 9.03. The summed E-state index contributed by atoms with van der Waals surface area (Å²) in [7, 11) is 0. The third-order valence-electron chi connectivity index (χ3n) is 6.14. The van der Waals surface area contributed by atoms with Crippen molar-refractivity contribution in [2.75, 3.05) is 39.5 Å². The van der Waals surface area contributed by atoms with Crippen LogP contribution in [-0.4, -0.2) is 50.5 Å². The van der Waals surface area contributed by atoms with E-state index in [4.69, 9.17) is 9.73 Å². The van der Waals surface area contributed by atoms with Gasteiger partial charge in [0.2, 0.25) is 0 Å². The highest BCUT2D eigenvalue weighted by atomic mass is 127. The van der Waals surface area contributed by atoms with Crippen molar-refractivity contribution in [3.05, 3.63) is 0 Å². The van der Waals surface area contributed by atoms with Crippen molar-refractivity contribution in [2.45, 2.75) is 51.9 Å². The van der Waals surface area contributed by atoms with Gasteiger partial charge in [-0.05, 0) is 56.8 Å². The van der Waals surface area contributed by atoms with Crippen molar-refractivity contribution < 1.29 is 9.84 Å². The Bertz CT molecular complexity index is 416. The van der Waals surface area contributed by atoms with Gasteiger partial charge in [-0.15, -0.1) is 24.0 Å². The molecule has 3 aliphatic rings. The molecule has 0 spiro atoms. The Kier molecular flexibility index (Phi) is 7.61. The molecule has 140 valence electrons. The number of hydrogen-bond donors (Lipinski definition) is 3. The topological polar surface area (TPSA) is 65.9 Å². The predicted octanol–water partition coefficient (Wildman–Crippen LogP) is 2.53. The zero-order valence-corrected chi connectivity index (χ0v) is 17.3. The van der Waals surface area contributed by atoms with Crippen LogP contribution in [-0.2, 0) is 4.74 Å². The molecule has 2 aliphatic carbocycles. The lowest BCUT2D eigenvalue weighted by atomic mass is 9.65. The van der Waals surface area contributed by atoms with Gasteiger partial charge in [-0.1, -0.05) is 6.42 Å². The Morgan fingerprint density at radius 3 is 2.54 bits per heavy atom. The first kappa shape index (κ1) is 20.2. The SMILES string of the molecule is CCNC(=NCC1(CCO)CCOC1)NCC1(C2CC2)CCC1.I. The molecule has 5 nitrogen and oxygen atoms in total. The van der Waals surface area contributed by atoms with Gasteiger partial charge in [-0.2, -0.15) is 0 Å². The molecule has 0 aromatic heterocycles. The van der Waals surface area contributed by atoms with E-state index in [0.29, 0.717) is 5.41 Å². The molecule has 6 heteroatoms. The van der Waals surface area contributed by atoms with Crippen LogP contribution in [0.3, 0.4) is 0 Å². The molecule has 1 atom stereocenters. The van der Waals surface area contributed by atoms with Crippen LogP contribution in [0.2, 0.25) is 0 Å². The minimum atomic E-state index is 0. The molecule has 3 rings (SSSR count). The minimum absolute atomic E-state index is 0. The molecule has 2 saturated carbocycles. The molecule has 0 radical (unpaired) electrons. The summed E-state index contributed by atoms with van der Waals surface area (Å²) in [6.07, 6.45) is 8.78. The molecular weight excluding hydrogens is 417 g/mol. The van der Waals surface area contributed by atoms with Gasteiger partial charge in [0.05, 0.1) is 13.2 Å². The van der Waals surface area contributed by atoms with Crippen molar-refractivity contribution in [1.29, 1.82) is 0 Å². The number of nitrogens with zero attached hydrogens (tertiary/aromatic N) is 1. The van der Waals surface area contributed by atoms with E-state index in [0.717, 1.165) is 57.6 Å². The monoisotopic (exact) mass is 451 g/mol. The van der Waals surface area contributed by atoms with E-state index in [2.05, 4.69) is 17.6 Å². The van der Waals surface area contributed by atoms with Crippen LogP contribution in [0.1, 0.15) is 51.9 Å². The second-order valence-corrected chi connectivity index (χ2v) is 7.82. The number of ether oxygens (including phenoxy) is 1. The largest absolute Gasteiger partial charge is 0.396 e. The average molecular weight is 451 g/mol. The van der Waals surface area contributed by atoms with Crippen LogP contribution in [0.4, 0.5) is 0 Å². The summed E-state index contributed by atoms with van der Waals surface area (Å²) in [5, 5.41) is 16.3. The summed E-state index contributed by atoms with van der Waals surface area (Å²) < 4.78 is 5.56. The molecule has 3 fully saturated rings. The van der Waals surface area contributed by atoms with Crippen molar-refractivity contribution in [3.63, 3.8) is 0 Å². The average Bonchev–Trinajstić information content (AvgIpc) is 3.24. The van der Waals surface area contributed by atoms with Gasteiger partial charge in [0.15, 0.2) is 5.96 Å². The Hall–Kier alpha value is -0.0800. The van der Waals surface area contributed by atoms with E-state index in [1.165, 1.54) is 32.1 Å². The fourth-order valence-electron chi connectivity index (χ4n) is 4.19. The van der Waals surface area contributed by atoms with Crippen molar-refractivity contribution in [3.8, 4) is 0 Å². The van der Waals surface area contributed by atoms with Crippen LogP contribution in [0.15, 0.2) is 4.99 Å². The Labute approximate surface area is 163 Å². The highest BCUT2D eigenvalue weighted by Crippen LogP contribution is 2.56. The third kappa shape index (κ3) is 4.75. The first-order valence-electron chi connectivity index (χ1n) is 9.43. The lowest BCUT2D eigenvalue weighted by molar-refractivity contribution is 0.105. The molecule has 0 bridgehead atoms. The smallest absolute Gasteiger partial charge is 0.191 e. The van der Waals surface area contributed by atoms with Crippen LogP contribution >= 0.6 is 24.0 Å². The molecule has 1 aliphatic heterocycles. The molecule has 0 amide bonds. The predicted molar refractivity (Wildman–Crippen MR) is 108 cm³/mol. The van der Waals surface area contributed by atoms with Gasteiger partial charge in [0.25, 0.3) is 0 Å². The highest BCUT2D eigenvalue weighted by molar-refractivity contribution is 14.0. The van der Waals surface area contributed by atoms with E-state index in [9.17, 15) is 5.11 Å². The Balaban J connectivity index is 0.00000208. The zero-order valence-electron chi connectivity index (χ0n) is 15.0. The lowest BCUT2D eigenvalue weighted by Gasteiger charge is -2.43. The molecule has 1 saturated heterocycles. The molecule has 24 heavy (non-hydrogen) atoms. The zero-order chi connectivity index (χ0) is 16.2. The summed E-state index contributed by atoms with van der Waals surface area (Å²) >= 11 is 0. The number of hydrogen-bond acceptors (Lipinski definition) is 3. The number of rotatable bonds is 8. The van der Waals surface area contributed by atoms with Crippen molar-refractivity contribution in [2.24, 2.45) is 21.7 Å². The third-order valence-corrected chi connectivity index (χ3v) is 6.14. The van der Waals surface area contributed by atoms with Crippen LogP contribution in [0.5, 0.6) is 0 Å². The van der Waals surface area contributed by atoms with Crippen molar-refractivity contribution in [1.82, 2.24) is 10.6 Å². The summed E-state index contributed by atoms with van der Waals surface area (Å²) in [6.45, 7) is 6.53. The fraction of sp³-hybridized carbons (Fsp3) is 0.944. The van der Waals surface area contributed by atoms with Gasteiger partial charge in [0.1, 0.15) is 0 Å². The maximum absolute atomic E-state index is 9.34. The molecule has 3 N–H and O–H groups in total. The standard InChI is InChI=1S/C18H33N3O2.HI/c1-2-19-16(20-12-17(8-10-22)9-11-23-14-17)21-13-18(6-3-7-18)15-4-5-15;/h15,22H,2-14H2,1H3,(H2,19,20,21);1H. The van der Waals surface area contributed by atoms with Crippen molar-refractivity contribution >= 4 is 29.9 Å². The Morgan fingerprint density at radius 1 is 1.25 bits per heavy atom. The van der Waals surface area contributed by atoms with Crippen LogP contribution < -0.4 is 10.6 Å². The van der Waals surface area contributed by atoms with E-state index < -0.39 is 0 Å². The van der Waals surface area contributed by atoms with Gasteiger partial charge >= 0.3 is 0 Å². The quantitative estimate of drug-likeness (QED) is 0.302. The molecule has 0 aromatic carbocycles. The first-order chi connectivity index (χ1) is 11.2. The molecule has 1 heterocycles.